The summed E-state index contributed by atoms with van der Waals surface area (Å²) in [6.07, 6.45) is 3.78. The number of halogens is 1. The Bertz CT molecular complexity index is 665. The number of nitrogens with one attached hydrogen (secondary N) is 1. The van der Waals surface area contributed by atoms with Crippen molar-refractivity contribution in [2.45, 2.75) is 39.0 Å². The summed E-state index contributed by atoms with van der Waals surface area (Å²) in [5.74, 6) is -0.624. The number of anilines is 1. The Labute approximate surface area is 155 Å². The van der Waals surface area contributed by atoms with Crippen LogP contribution in [0.4, 0.5) is 5.69 Å². The summed E-state index contributed by atoms with van der Waals surface area (Å²) in [5, 5.41) is 2.86. The molecule has 128 valence electrons. The smallest absolute Gasteiger partial charge is 0.233 e. The first kappa shape index (κ1) is 17.4. The average Bonchev–Trinajstić information content (AvgIpc) is 2.80. The molecule has 1 aromatic carbocycles. The molecule has 1 N–H and O–H groups in total. The van der Waals surface area contributed by atoms with E-state index in [0.717, 1.165) is 40.5 Å². The number of amides is 3. The first-order valence-corrected chi connectivity index (χ1v) is 9.46. The van der Waals surface area contributed by atoms with Gasteiger partial charge in [0.15, 0.2) is 0 Å². The van der Waals surface area contributed by atoms with E-state index in [0.29, 0.717) is 0 Å². The molecule has 2 fully saturated rings. The molecule has 5 nitrogen and oxygen atoms in total. The van der Waals surface area contributed by atoms with E-state index in [2.05, 4.69) is 27.9 Å². The van der Waals surface area contributed by atoms with E-state index in [1.54, 1.807) is 0 Å². The second kappa shape index (κ2) is 7.21. The molecule has 1 saturated carbocycles. The molecule has 0 radical (unpaired) electrons. The lowest BCUT2D eigenvalue weighted by molar-refractivity contribution is -0.140. The van der Waals surface area contributed by atoms with E-state index < -0.39 is 0 Å². The fourth-order valence-corrected chi connectivity index (χ4v) is 4.29. The molecule has 3 amide bonds. The zero-order chi connectivity index (χ0) is 17.3. The van der Waals surface area contributed by atoms with Crippen molar-refractivity contribution in [3.8, 4) is 0 Å². The summed E-state index contributed by atoms with van der Waals surface area (Å²) in [7, 11) is 0. The predicted octanol–water partition coefficient (Wildman–Crippen LogP) is 3.10. The van der Waals surface area contributed by atoms with Crippen molar-refractivity contribution < 1.29 is 14.4 Å². The van der Waals surface area contributed by atoms with Gasteiger partial charge >= 0.3 is 0 Å². The highest BCUT2D eigenvalue weighted by Crippen LogP contribution is 2.37. The van der Waals surface area contributed by atoms with E-state index in [-0.39, 0.29) is 42.5 Å². The highest BCUT2D eigenvalue weighted by Gasteiger charge is 2.47. The van der Waals surface area contributed by atoms with Gasteiger partial charge in [0.25, 0.3) is 0 Å². The van der Waals surface area contributed by atoms with Crippen molar-refractivity contribution in [2.75, 3.05) is 11.9 Å². The lowest BCUT2D eigenvalue weighted by atomic mass is 9.81. The molecule has 2 atom stereocenters. The number of rotatable bonds is 4. The Hall–Kier alpha value is -1.44. The van der Waals surface area contributed by atoms with Crippen molar-refractivity contribution >= 4 is 46.0 Å². The maximum atomic E-state index is 12.4. The van der Waals surface area contributed by atoms with Crippen LogP contribution in [-0.4, -0.2) is 29.2 Å². The van der Waals surface area contributed by atoms with Gasteiger partial charge in [-0.2, -0.15) is 0 Å². The van der Waals surface area contributed by atoms with Gasteiger partial charge in [-0.3, -0.25) is 19.3 Å². The molecule has 2 aliphatic rings. The van der Waals surface area contributed by atoms with Crippen molar-refractivity contribution in [1.29, 1.82) is 0 Å². The third-order valence-corrected chi connectivity index (χ3v) is 5.63. The third-order valence-electron chi connectivity index (χ3n) is 4.96. The zero-order valence-corrected chi connectivity index (χ0v) is 15.8. The van der Waals surface area contributed by atoms with E-state index in [1.165, 1.54) is 4.90 Å². The highest BCUT2D eigenvalue weighted by atomic mass is 127. The first-order chi connectivity index (χ1) is 11.5. The molecule has 1 saturated heterocycles. The van der Waals surface area contributed by atoms with Crippen molar-refractivity contribution in [2.24, 2.45) is 11.8 Å². The summed E-state index contributed by atoms with van der Waals surface area (Å²) in [4.78, 5) is 38.2. The van der Waals surface area contributed by atoms with Crippen LogP contribution in [-0.2, 0) is 14.4 Å². The Balaban J connectivity index is 1.58. The number of carbonyl (C=O) groups excluding carboxylic acids is 3. The standard InChI is InChI=1S/C18H21IN2O3/c1-11-10-12(19)6-7-15(11)20-16(22)8-9-21-17(23)13-4-2-3-5-14(13)18(21)24/h6-7,10,13-14H,2-5,8-9H2,1H3,(H,20,22). The zero-order valence-electron chi connectivity index (χ0n) is 13.7. The minimum absolute atomic E-state index is 0.0806. The van der Waals surface area contributed by atoms with Crippen LogP contribution in [0.2, 0.25) is 0 Å². The number of imide groups is 1. The molecule has 1 heterocycles. The van der Waals surface area contributed by atoms with Crippen LogP contribution in [0.3, 0.4) is 0 Å². The van der Waals surface area contributed by atoms with Gasteiger partial charge in [-0.05, 0) is 66.1 Å². The quantitative estimate of drug-likeness (QED) is 0.578. The van der Waals surface area contributed by atoms with Crippen LogP contribution >= 0.6 is 22.6 Å². The van der Waals surface area contributed by atoms with Gasteiger partial charge in [0.1, 0.15) is 0 Å². The summed E-state index contributed by atoms with van der Waals surface area (Å²) >= 11 is 2.22. The van der Waals surface area contributed by atoms with Gasteiger partial charge in [-0.15, -0.1) is 0 Å². The van der Waals surface area contributed by atoms with E-state index in [1.807, 2.05) is 25.1 Å². The molecule has 3 rings (SSSR count). The Morgan fingerprint density at radius 2 is 1.83 bits per heavy atom. The largest absolute Gasteiger partial charge is 0.326 e. The number of benzene rings is 1. The number of nitrogens with zero attached hydrogens (tertiary/aromatic N) is 1. The summed E-state index contributed by atoms with van der Waals surface area (Å²) < 4.78 is 1.11. The number of aryl methyl sites for hydroxylation is 1. The van der Waals surface area contributed by atoms with Gasteiger partial charge in [-0.25, -0.2) is 0 Å². The SMILES string of the molecule is Cc1cc(I)ccc1NC(=O)CCN1C(=O)C2CCCCC2C1=O. The number of hydrogen-bond acceptors (Lipinski definition) is 3. The topological polar surface area (TPSA) is 66.5 Å². The summed E-state index contributed by atoms with van der Waals surface area (Å²) in [5.41, 5.74) is 1.77. The summed E-state index contributed by atoms with van der Waals surface area (Å²) in [6.45, 7) is 2.12. The minimum atomic E-state index is -0.171. The van der Waals surface area contributed by atoms with Crippen LogP contribution in [0, 0.1) is 22.3 Å². The molecule has 0 bridgehead atoms. The van der Waals surface area contributed by atoms with Gasteiger partial charge in [0.2, 0.25) is 17.7 Å². The first-order valence-electron chi connectivity index (χ1n) is 8.38. The van der Waals surface area contributed by atoms with Gasteiger partial charge in [0.05, 0.1) is 11.8 Å². The number of likely N-dealkylation sites (tertiary alicyclic amines) is 1. The predicted molar refractivity (Wildman–Crippen MR) is 99.3 cm³/mol. The monoisotopic (exact) mass is 440 g/mol. The number of carbonyl (C=O) groups is 3. The number of hydrogen-bond donors (Lipinski definition) is 1. The highest BCUT2D eigenvalue weighted by molar-refractivity contribution is 14.1. The van der Waals surface area contributed by atoms with Gasteiger partial charge in [-0.1, -0.05) is 12.8 Å². The summed E-state index contributed by atoms with van der Waals surface area (Å²) in [6, 6.07) is 5.80. The van der Waals surface area contributed by atoms with Gasteiger partial charge in [0, 0.05) is 22.2 Å². The maximum absolute atomic E-state index is 12.4. The molecule has 0 spiro atoms. The maximum Gasteiger partial charge on any atom is 0.233 e. The third kappa shape index (κ3) is 3.48. The molecule has 6 heteroatoms. The van der Waals surface area contributed by atoms with Crippen LogP contribution in [0.1, 0.15) is 37.7 Å². The molecule has 1 aromatic rings. The van der Waals surface area contributed by atoms with Crippen molar-refractivity contribution in [3.63, 3.8) is 0 Å². The van der Waals surface area contributed by atoms with E-state index >= 15 is 0 Å². The lowest BCUT2D eigenvalue weighted by Gasteiger charge is -2.19. The average molecular weight is 440 g/mol. The van der Waals surface area contributed by atoms with E-state index in [4.69, 9.17) is 0 Å². The Morgan fingerprint density at radius 1 is 1.21 bits per heavy atom. The van der Waals surface area contributed by atoms with Crippen LogP contribution in [0.5, 0.6) is 0 Å². The molecular formula is C18H21IN2O3. The van der Waals surface area contributed by atoms with Crippen LogP contribution in [0.15, 0.2) is 18.2 Å². The second-order valence-electron chi connectivity index (χ2n) is 6.58. The van der Waals surface area contributed by atoms with E-state index in [9.17, 15) is 14.4 Å². The number of fused-ring (bicyclic) bond motifs is 1. The second-order valence-corrected chi connectivity index (χ2v) is 7.83. The molecule has 0 aromatic heterocycles. The lowest BCUT2D eigenvalue weighted by Crippen LogP contribution is -2.34. The normalized spacial score (nSPS) is 23.3. The van der Waals surface area contributed by atoms with Crippen molar-refractivity contribution in [1.82, 2.24) is 4.90 Å². The minimum Gasteiger partial charge on any atom is -0.326 e. The molecule has 1 aliphatic heterocycles. The molecular weight excluding hydrogens is 419 g/mol. The fraction of sp³-hybridized carbons (Fsp3) is 0.500. The van der Waals surface area contributed by atoms with Gasteiger partial charge < -0.3 is 5.32 Å². The molecule has 1 aliphatic carbocycles. The van der Waals surface area contributed by atoms with Crippen LogP contribution < -0.4 is 5.32 Å². The Kier molecular flexibility index (Phi) is 5.22. The van der Waals surface area contributed by atoms with Crippen LogP contribution in [0.25, 0.3) is 0 Å². The van der Waals surface area contributed by atoms with Crippen molar-refractivity contribution in [3.05, 3.63) is 27.3 Å². The Morgan fingerprint density at radius 3 is 2.42 bits per heavy atom. The fourth-order valence-electron chi connectivity index (χ4n) is 3.64. The molecule has 2 unspecified atom stereocenters. The molecule has 24 heavy (non-hydrogen) atoms.